The first-order valence-electron chi connectivity index (χ1n) is 7.15. The van der Waals surface area contributed by atoms with Crippen molar-refractivity contribution in [3.05, 3.63) is 65.1 Å². The lowest BCUT2D eigenvalue weighted by atomic mass is 10.0. The van der Waals surface area contributed by atoms with Crippen LogP contribution in [0, 0.1) is 5.82 Å². The summed E-state index contributed by atoms with van der Waals surface area (Å²) in [4.78, 5) is 7.80. The summed E-state index contributed by atoms with van der Waals surface area (Å²) in [6, 6.07) is 13.3. The van der Waals surface area contributed by atoms with Crippen molar-refractivity contribution in [1.29, 1.82) is 0 Å². The molecule has 0 spiro atoms. The van der Waals surface area contributed by atoms with Crippen LogP contribution < -0.4 is 5.73 Å². The van der Waals surface area contributed by atoms with E-state index >= 15 is 0 Å². The third-order valence-corrected chi connectivity index (χ3v) is 4.13. The lowest BCUT2D eigenvalue weighted by Crippen LogP contribution is -1.99. The monoisotopic (exact) mass is 383 g/mol. The average Bonchev–Trinajstić information content (AvgIpc) is 2.96. The van der Waals surface area contributed by atoms with E-state index in [4.69, 9.17) is 5.73 Å². The van der Waals surface area contributed by atoms with Crippen LogP contribution in [-0.4, -0.2) is 19.6 Å². The van der Waals surface area contributed by atoms with Crippen LogP contribution in [0.2, 0.25) is 0 Å². The molecule has 1 aromatic carbocycles. The van der Waals surface area contributed by atoms with Gasteiger partial charge in [0.2, 0.25) is 5.95 Å². The summed E-state index contributed by atoms with van der Waals surface area (Å²) < 4.78 is 17.0. The van der Waals surface area contributed by atoms with Gasteiger partial charge < -0.3 is 5.73 Å². The predicted molar refractivity (Wildman–Crippen MR) is 93.7 cm³/mol. The summed E-state index contributed by atoms with van der Waals surface area (Å²) in [6.07, 6.45) is 2.89. The van der Waals surface area contributed by atoms with Crippen molar-refractivity contribution in [1.82, 2.24) is 19.6 Å². The third kappa shape index (κ3) is 2.43. The van der Waals surface area contributed by atoms with E-state index in [1.54, 1.807) is 4.52 Å². The molecular formula is C17H11BrFN5. The molecule has 0 aliphatic heterocycles. The molecule has 3 heterocycles. The van der Waals surface area contributed by atoms with Gasteiger partial charge in [0.15, 0.2) is 5.82 Å². The Balaban J connectivity index is 2.09. The van der Waals surface area contributed by atoms with Gasteiger partial charge in [0, 0.05) is 16.2 Å². The SMILES string of the molecule is Nc1ncc(F)c(-c2c(-c3cccc(Br)c3)nn3ccccc23)n1. The smallest absolute Gasteiger partial charge is 0.220 e. The molecule has 0 atom stereocenters. The Kier molecular flexibility index (Phi) is 3.50. The Hall–Kier alpha value is -2.80. The summed E-state index contributed by atoms with van der Waals surface area (Å²) in [5.74, 6) is -0.527. The van der Waals surface area contributed by atoms with Crippen molar-refractivity contribution in [3.8, 4) is 22.5 Å². The van der Waals surface area contributed by atoms with Crippen LogP contribution in [0.4, 0.5) is 10.3 Å². The van der Waals surface area contributed by atoms with Gasteiger partial charge in [0.05, 0.1) is 17.3 Å². The zero-order valence-corrected chi connectivity index (χ0v) is 13.9. The van der Waals surface area contributed by atoms with E-state index in [-0.39, 0.29) is 11.6 Å². The molecule has 0 radical (unpaired) electrons. The van der Waals surface area contributed by atoms with Crippen LogP contribution in [-0.2, 0) is 0 Å². The van der Waals surface area contributed by atoms with Crippen LogP contribution in [0.5, 0.6) is 0 Å². The van der Waals surface area contributed by atoms with Crippen molar-refractivity contribution in [2.75, 3.05) is 5.73 Å². The third-order valence-electron chi connectivity index (χ3n) is 3.64. The molecule has 0 amide bonds. The van der Waals surface area contributed by atoms with Crippen molar-refractivity contribution in [2.45, 2.75) is 0 Å². The second-order valence-electron chi connectivity index (χ2n) is 5.19. The molecule has 0 unspecified atom stereocenters. The number of nitrogens with two attached hydrogens (primary N) is 1. The highest BCUT2D eigenvalue weighted by molar-refractivity contribution is 9.10. The van der Waals surface area contributed by atoms with E-state index < -0.39 is 5.82 Å². The number of hydrogen-bond acceptors (Lipinski definition) is 4. The van der Waals surface area contributed by atoms with Crippen molar-refractivity contribution in [3.63, 3.8) is 0 Å². The fraction of sp³-hybridized carbons (Fsp3) is 0. The first kappa shape index (κ1) is 14.8. The molecule has 2 N–H and O–H groups in total. The topological polar surface area (TPSA) is 69.1 Å². The Bertz CT molecular complexity index is 1060. The standard InChI is InChI=1S/C17H11BrFN5/c18-11-5-3-4-10(8-11)15-14(13-6-1-2-7-24(13)23-15)16-12(19)9-21-17(20)22-16/h1-9H,(H2,20,21,22). The summed E-state index contributed by atoms with van der Waals surface area (Å²) >= 11 is 3.46. The number of pyridine rings is 1. The highest BCUT2D eigenvalue weighted by Gasteiger charge is 2.21. The number of anilines is 1. The highest BCUT2D eigenvalue weighted by atomic mass is 79.9. The van der Waals surface area contributed by atoms with E-state index in [0.717, 1.165) is 21.7 Å². The van der Waals surface area contributed by atoms with Gasteiger partial charge in [0.25, 0.3) is 0 Å². The zero-order chi connectivity index (χ0) is 16.7. The Morgan fingerprint density at radius 1 is 1.08 bits per heavy atom. The Morgan fingerprint density at radius 3 is 2.79 bits per heavy atom. The molecule has 118 valence electrons. The lowest BCUT2D eigenvalue weighted by molar-refractivity contribution is 0.619. The van der Waals surface area contributed by atoms with E-state index in [9.17, 15) is 4.39 Å². The summed E-state index contributed by atoms with van der Waals surface area (Å²) in [7, 11) is 0. The van der Waals surface area contributed by atoms with Crippen LogP contribution in [0.25, 0.3) is 28.0 Å². The van der Waals surface area contributed by atoms with Crippen molar-refractivity contribution >= 4 is 27.4 Å². The van der Waals surface area contributed by atoms with E-state index in [0.29, 0.717) is 11.3 Å². The maximum absolute atomic E-state index is 14.4. The molecule has 24 heavy (non-hydrogen) atoms. The van der Waals surface area contributed by atoms with Gasteiger partial charge in [-0.1, -0.05) is 34.1 Å². The number of nitrogen functional groups attached to an aromatic ring is 1. The number of benzene rings is 1. The molecule has 0 aliphatic rings. The largest absolute Gasteiger partial charge is 0.368 e. The summed E-state index contributed by atoms with van der Waals surface area (Å²) in [5.41, 5.74) is 8.60. The zero-order valence-electron chi connectivity index (χ0n) is 12.3. The minimum absolute atomic E-state index is 0.0156. The second kappa shape index (κ2) is 5.68. The van der Waals surface area contributed by atoms with Gasteiger partial charge in [0.1, 0.15) is 11.4 Å². The lowest BCUT2D eigenvalue weighted by Gasteiger charge is -2.05. The van der Waals surface area contributed by atoms with Gasteiger partial charge in [-0.25, -0.2) is 18.9 Å². The van der Waals surface area contributed by atoms with E-state index in [2.05, 4.69) is 31.0 Å². The molecule has 0 saturated heterocycles. The van der Waals surface area contributed by atoms with Crippen molar-refractivity contribution < 1.29 is 4.39 Å². The number of hydrogen-bond donors (Lipinski definition) is 1. The molecule has 0 fully saturated rings. The molecular weight excluding hydrogens is 373 g/mol. The van der Waals surface area contributed by atoms with E-state index in [1.807, 2.05) is 48.7 Å². The minimum atomic E-state index is -0.542. The molecule has 0 bridgehead atoms. The molecule has 4 rings (SSSR count). The molecule has 3 aromatic heterocycles. The van der Waals surface area contributed by atoms with Crippen LogP contribution >= 0.6 is 15.9 Å². The first-order chi connectivity index (χ1) is 11.6. The number of nitrogens with zero attached hydrogens (tertiary/aromatic N) is 4. The van der Waals surface area contributed by atoms with Gasteiger partial charge >= 0.3 is 0 Å². The maximum atomic E-state index is 14.4. The van der Waals surface area contributed by atoms with Crippen molar-refractivity contribution in [2.24, 2.45) is 0 Å². The number of fused-ring (bicyclic) bond motifs is 1. The Morgan fingerprint density at radius 2 is 1.96 bits per heavy atom. The quantitative estimate of drug-likeness (QED) is 0.569. The Labute approximate surface area is 145 Å². The van der Waals surface area contributed by atoms with Gasteiger partial charge in [-0.05, 0) is 24.3 Å². The number of rotatable bonds is 2. The van der Waals surface area contributed by atoms with Gasteiger partial charge in [-0.2, -0.15) is 5.10 Å². The normalized spacial score (nSPS) is 11.1. The number of halogens is 2. The fourth-order valence-corrected chi connectivity index (χ4v) is 3.03. The molecule has 4 aromatic rings. The number of aromatic nitrogens is 4. The summed E-state index contributed by atoms with van der Waals surface area (Å²) in [6.45, 7) is 0. The van der Waals surface area contributed by atoms with E-state index in [1.165, 1.54) is 0 Å². The first-order valence-corrected chi connectivity index (χ1v) is 7.94. The molecule has 0 aliphatic carbocycles. The van der Waals surface area contributed by atoms with Gasteiger partial charge in [-0.15, -0.1) is 0 Å². The molecule has 7 heteroatoms. The maximum Gasteiger partial charge on any atom is 0.220 e. The van der Waals surface area contributed by atoms with Crippen LogP contribution in [0.1, 0.15) is 0 Å². The van der Waals surface area contributed by atoms with Gasteiger partial charge in [-0.3, -0.25) is 0 Å². The average molecular weight is 384 g/mol. The minimum Gasteiger partial charge on any atom is -0.368 e. The molecule has 5 nitrogen and oxygen atoms in total. The highest BCUT2D eigenvalue weighted by Crippen LogP contribution is 2.36. The predicted octanol–water partition coefficient (Wildman–Crippen LogP) is 3.94. The molecule has 0 saturated carbocycles. The second-order valence-corrected chi connectivity index (χ2v) is 6.10. The van der Waals surface area contributed by atoms with Crippen LogP contribution in [0.15, 0.2) is 59.3 Å². The van der Waals surface area contributed by atoms with Crippen LogP contribution in [0.3, 0.4) is 0 Å². The summed E-state index contributed by atoms with van der Waals surface area (Å²) in [5, 5.41) is 4.60. The fourth-order valence-electron chi connectivity index (χ4n) is 2.63.